The molecule has 0 spiro atoms. The van der Waals surface area contributed by atoms with Crippen LogP contribution in [0, 0.1) is 0 Å². The van der Waals surface area contributed by atoms with Crippen molar-refractivity contribution in [2.24, 2.45) is 0 Å². The van der Waals surface area contributed by atoms with Crippen LogP contribution in [-0.4, -0.2) is 4.98 Å². The van der Waals surface area contributed by atoms with Crippen LogP contribution >= 0.6 is 0 Å². The summed E-state index contributed by atoms with van der Waals surface area (Å²) in [6, 6.07) is 2.63. The highest BCUT2D eigenvalue weighted by atomic mass is 16.3. The zero-order chi connectivity index (χ0) is 22.1. The Morgan fingerprint density at radius 2 is 1.78 bits per heavy atom. The highest BCUT2D eigenvalue weighted by Crippen LogP contribution is 2.33. The molecule has 0 bridgehead atoms. The van der Waals surface area contributed by atoms with Crippen LogP contribution in [0.5, 0.6) is 0 Å². The van der Waals surface area contributed by atoms with E-state index >= 15 is 0 Å². The van der Waals surface area contributed by atoms with Crippen molar-refractivity contribution in [2.45, 2.75) is 26.2 Å². The molecule has 0 unspecified atom stereocenters. The predicted molar refractivity (Wildman–Crippen MR) is 95.7 cm³/mol. The Bertz CT molecular complexity index is 1350. The molecule has 0 saturated heterocycles. The lowest BCUT2D eigenvalue weighted by Gasteiger charge is -2.18. The molecule has 4 rings (SSSR count). The summed E-state index contributed by atoms with van der Waals surface area (Å²) in [5, 5.41) is -0.262. The molecule has 23 heavy (non-hydrogen) atoms. The standard InChI is InChI=1S/C21H19NO/c1-21(2,3)17-9-6-10-18-19(17)22-20(23-18)16-12-11-14-7-4-5-8-15(14)13-16/h4-13H,1-3H3/i4D,5D,7D,8D,11D,12D,13D. The van der Waals surface area contributed by atoms with E-state index in [0.29, 0.717) is 11.1 Å². The van der Waals surface area contributed by atoms with E-state index in [0.717, 1.165) is 5.56 Å². The Kier molecular flexibility index (Phi) is 1.79. The summed E-state index contributed by atoms with van der Waals surface area (Å²) in [6.07, 6.45) is 0. The van der Waals surface area contributed by atoms with Gasteiger partial charge in [0.05, 0.1) is 9.60 Å². The van der Waals surface area contributed by atoms with Crippen molar-refractivity contribution in [3.63, 3.8) is 0 Å². The van der Waals surface area contributed by atoms with Crippen LogP contribution in [0.15, 0.2) is 64.9 Å². The maximum Gasteiger partial charge on any atom is 0.227 e. The van der Waals surface area contributed by atoms with Gasteiger partial charge in [-0.25, -0.2) is 4.98 Å². The molecule has 0 N–H and O–H groups in total. The van der Waals surface area contributed by atoms with Gasteiger partial charge in [0.2, 0.25) is 5.89 Å². The van der Waals surface area contributed by atoms with E-state index in [1.807, 2.05) is 32.9 Å². The number of para-hydroxylation sites is 1. The number of fused-ring (bicyclic) bond motifs is 2. The summed E-state index contributed by atoms with van der Waals surface area (Å²) in [5.74, 6) is -0.0143. The highest BCUT2D eigenvalue weighted by Gasteiger charge is 2.20. The van der Waals surface area contributed by atoms with E-state index in [1.165, 1.54) is 0 Å². The topological polar surface area (TPSA) is 26.0 Å². The van der Waals surface area contributed by atoms with Crippen molar-refractivity contribution in [1.82, 2.24) is 4.98 Å². The lowest BCUT2D eigenvalue weighted by molar-refractivity contribution is 0.593. The van der Waals surface area contributed by atoms with Crippen LogP contribution < -0.4 is 0 Å². The summed E-state index contributed by atoms with van der Waals surface area (Å²) < 4.78 is 63.4. The Hall–Kier alpha value is -2.61. The smallest absolute Gasteiger partial charge is 0.227 e. The van der Waals surface area contributed by atoms with Crippen LogP contribution in [0.25, 0.3) is 33.3 Å². The van der Waals surface area contributed by atoms with E-state index in [1.54, 1.807) is 6.07 Å². The van der Waals surface area contributed by atoms with Crippen molar-refractivity contribution < 1.29 is 14.0 Å². The van der Waals surface area contributed by atoms with Crippen LogP contribution in [-0.2, 0) is 5.41 Å². The Morgan fingerprint density at radius 3 is 2.57 bits per heavy atom. The fourth-order valence-electron chi connectivity index (χ4n) is 2.55. The van der Waals surface area contributed by atoms with Gasteiger partial charge in [-0.15, -0.1) is 0 Å². The summed E-state index contributed by atoms with van der Waals surface area (Å²) in [6.45, 7) is 6.11. The quantitative estimate of drug-likeness (QED) is 0.434. The lowest BCUT2D eigenvalue weighted by Crippen LogP contribution is -2.11. The maximum atomic E-state index is 8.62. The van der Waals surface area contributed by atoms with Crippen molar-refractivity contribution in [3.8, 4) is 11.5 Å². The molecule has 1 aromatic heterocycles. The molecule has 1 heterocycles. The van der Waals surface area contributed by atoms with E-state index < -0.39 is 24.2 Å². The summed E-state index contributed by atoms with van der Waals surface area (Å²) in [4.78, 5) is 4.53. The molecule has 4 aromatic rings. The number of aromatic nitrogens is 1. The molecule has 0 aliphatic rings. The molecule has 3 aromatic carbocycles. The molecule has 0 fully saturated rings. The van der Waals surface area contributed by atoms with E-state index in [-0.39, 0.29) is 45.8 Å². The SMILES string of the molecule is [2H]c1c([2H])c([2H])c2c([2H])c(-c3nc4c(C(C)(C)C)cccc4o3)c([2H])c([2H])c2c1[2H]. The second-order valence-corrected chi connectivity index (χ2v) is 6.42. The van der Waals surface area contributed by atoms with Gasteiger partial charge in [0.15, 0.2) is 5.58 Å². The minimum Gasteiger partial charge on any atom is -0.436 e. The van der Waals surface area contributed by atoms with E-state index in [4.69, 9.17) is 14.0 Å². The molecule has 0 atom stereocenters. The molecule has 114 valence electrons. The Balaban J connectivity index is 2.13. The molecule has 0 amide bonds. The summed E-state index contributed by atoms with van der Waals surface area (Å²) in [7, 11) is 0. The first kappa shape index (κ1) is 8.30. The first-order valence-corrected chi connectivity index (χ1v) is 7.35. The third-order valence-corrected chi connectivity index (χ3v) is 3.69. The van der Waals surface area contributed by atoms with Gasteiger partial charge in [0.1, 0.15) is 5.52 Å². The minimum atomic E-state index is -0.496. The monoisotopic (exact) mass is 308 g/mol. The van der Waals surface area contributed by atoms with Gasteiger partial charge >= 0.3 is 0 Å². The predicted octanol–water partition coefficient (Wildman–Crippen LogP) is 5.95. The lowest BCUT2D eigenvalue weighted by atomic mass is 9.86. The fraction of sp³-hybridized carbons (Fsp3) is 0.190. The Morgan fingerprint density at radius 1 is 1.00 bits per heavy atom. The number of oxazole rings is 1. The molecule has 0 radical (unpaired) electrons. The molecule has 2 nitrogen and oxygen atoms in total. The van der Waals surface area contributed by atoms with Gasteiger partial charge in [-0.05, 0) is 39.9 Å². The molecular formula is C21H19NO. The largest absolute Gasteiger partial charge is 0.436 e. The summed E-state index contributed by atoms with van der Waals surface area (Å²) in [5.41, 5.74) is 1.73. The summed E-state index contributed by atoms with van der Waals surface area (Å²) >= 11 is 0. The zero-order valence-electron chi connectivity index (χ0n) is 20.1. The molecule has 0 aliphatic carbocycles. The maximum absolute atomic E-state index is 8.62. The van der Waals surface area contributed by atoms with Crippen LogP contribution in [0.1, 0.15) is 35.9 Å². The normalized spacial score (nSPS) is 16.4. The fourth-order valence-corrected chi connectivity index (χ4v) is 2.55. The molecule has 0 aliphatic heterocycles. The third-order valence-electron chi connectivity index (χ3n) is 3.69. The zero-order valence-corrected chi connectivity index (χ0v) is 13.1. The molecular weight excluding hydrogens is 282 g/mol. The average Bonchev–Trinajstić information content (AvgIpc) is 3.10. The number of hydrogen-bond acceptors (Lipinski definition) is 2. The van der Waals surface area contributed by atoms with Gasteiger partial charge in [-0.2, -0.15) is 0 Å². The second kappa shape index (κ2) is 4.95. The van der Waals surface area contributed by atoms with Crippen LogP contribution in [0.2, 0.25) is 0 Å². The minimum absolute atomic E-state index is 0.0143. The number of hydrogen-bond donors (Lipinski definition) is 0. The number of benzene rings is 3. The van der Waals surface area contributed by atoms with Gasteiger partial charge in [-0.1, -0.05) is 63.1 Å². The van der Waals surface area contributed by atoms with E-state index in [9.17, 15) is 0 Å². The van der Waals surface area contributed by atoms with Crippen LogP contribution in [0.4, 0.5) is 0 Å². The van der Waals surface area contributed by atoms with E-state index in [2.05, 4.69) is 4.98 Å². The number of nitrogens with zero attached hydrogens (tertiary/aromatic N) is 1. The average molecular weight is 308 g/mol. The molecule has 0 saturated carbocycles. The number of rotatable bonds is 1. The van der Waals surface area contributed by atoms with Gasteiger partial charge < -0.3 is 4.42 Å². The van der Waals surface area contributed by atoms with Crippen molar-refractivity contribution in [1.29, 1.82) is 0 Å². The van der Waals surface area contributed by atoms with Crippen molar-refractivity contribution in [2.75, 3.05) is 0 Å². The Labute approximate surface area is 145 Å². The van der Waals surface area contributed by atoms with Crippen molar-refractivity contribution >= 4 is 21.9 Å². The second-order valence-electron chi connectivity index (χ2n) is 6.42. The van der Waals surface area contributed by atoms with Gasteiger partial charge in [-0.3, -0.25) is 0 Å². The van der Waals surface area contributed by atoms with Crippen molar-refractivity contribution in [3.05, 3.63) is 66.1 Å². The third kappa shape index (κ3) is 2.40. The van der Waals surface area contributed by atoms with Crippen LogP contribution in [0.3, 0.4) is 0 Å². The van der Waals surface area contributed by atoms with Gasteiger partial charge in [0, 0.05) is 5.56 Å². The first-order valence-electron chi connectivity index (χ1n) is 10.8. The van der Waals surface area contributed by atoms with Gasteiger partial charge in [0.25, 0.3) is 0 Å². The molecule has 2 heteroatoms. The first-order chi connectivity index (χ1) is 13.9. The highest BCUT2D eigenvalue weighted by molar-refractivity contribution is 5.87.